The number of nitrogens with one attached hydrogen (secondary N) is 2. The van der Waals surface area contributed by atoms with Gasteiger partial charge in [-0.2, -0.15) is 0 Å². The number of anilines is 1. The van der Waals surface area contributed by atoms with Crippen molar-refractivity contribution in [2.24, 2.45) is 0 Å². The maximum absolute atomic E-state index is 11.5. The number of rotatable bonds is 4. The van der Waals surface area contributed by atoms with Crippen molar-refractivity contribution in [1.82, 2.24) is 5.32 Å². The van der Waals surface area contributed by atoms with E-state index in [0.717, 1.165) is 11.3 Å². The van der Waals surface area contributed by atoms with Crippen LogP contribution in [-0.4, -0.2) is 19.8 Å². The summed E-state index contributed by atoms with van der Waals surface area (Å²) in [6, 6.07) is 15.0. The molecule has 0 aliphatic rings. The van der Waals surface area contributed by atoms with Crippen LogP contribution in [0.2, 0.25) is 0 Å². The van der Waals surface area contributed by atoms with Crippen LogP contribution in [0.1, 0.15) is 31.9 Å². The molecule has 2 N–H and O–H groups in total. The van der Waals surface area contributed by atoms with Gasteiger partial charge in [-0.1, -0.05) is 45.0 Å². The Balaban J connectivity index is 1.90. The average molecular weight is 377 g/mol. The van der Waals surface area contributed by atoms with Gasteiger partial charge in [0.2, 0.25) is 0 Å². The minimum atomic E-state index is -3.16. The van der Waals surface area contributed by atoms with Crippen molar-refractivity contribution in [2.45, 2.75) is 37.6 Å². The van der Waals surface area contributed by atoms with Gasteiger partial charge in [0.15, 0.2) is 14.9 Å². The minimum absolute atomic E-state index is 0.120. The fraction of sp³-hybridized carbons (Fsp3) is 0.316. The Hall–Kier alpha value is -1.92. The highest BCUT2D eigenvalue weighted by Gasteiger charge is 2.13. The van der Waals surface area contributed by atoms with Crippen molar-refractivity contribution in [3.05, 3.63) is 59.7 Å². The predicted octanol–water partition coefficient (Wildman–Crippen LogP) is 3.87. The lowest BCUT2D eigenvalue weighted by molar-refractivity contribution is 0.590. The third-order valence-electron chi connectivity index (χ3n) is 3.81. The molecule has 6 heteroatoms. The highest BCUT2D eigenvalue weighted by molar-refractivity contribution is 7.90. The Labute approximate surface area is 155 Å². The fourth-order valence-electron chi connectivity index (χ4n) is 2.27. The van der Waals surface area contributed by atoms with Gasteiger partial charge < -0.3 is 10.6 Å². The van der Waals surface area contributed by atoms with Crippen LogP contribution in [0.3, 0.4) is 0 Å². The Morgan fingerprint density at radius 2 is 1.56 bits per heavy atom. The van der Waals surface area contributed by atoms with Crippen molar-refractivity contribution < 1.29 is 8.42 Å². The van der Waals surface area contributed by atoms with Gasteiger partial charge in [-0.25, -0.2) is 8.42 Å². The van der Waals surface area contributed by atoms with Gasteiger partial charge in [0.1, 0.15) is 0 Å². The quantitative estimate of drug-likeness (QED) is 0.793. The second-order valence-corrected chi connectivity index (χ2v) is 9.48. The van der Waals surface area contributed by atoms with E-state index in [0.29, 0.717) is 16.6 Å². The molecule has 25 heavy (non-hydrogen) atoms. The van der Waals surface area contributed by atoms with E-state index >= 15 is 0 Å². The van der Waals surface area contributed by atoms with E-state index in [4.69, 9.17) is 12.2 Å². The second-order valence-electron chi connectivity index (χ2n) is 7.05. The van der Waals surface area contributed by atoms with Crippen molar-refractivity contribution in [2.75, 3.05) is 11.6 Å². The summed E-state index contributed by atoms with van der Waals surface area (Å²) in [5, 5.41) is 6.80. The zero-order valence-corrected chi connectivity index (χ0v) is 16.6. The maximum Gasteiger partial charge on any atom is 0.175 e. The van der Waals surface area contributed by atoms with Crippen LogP contribution in [0.25, 0.3) is 0 Å². The van der Waals surface area contributed by atoms with Gasteiger partial charge >= 0.3 is 0 Å². The molecule has 0 atom stereocenters. The van der Waals surface area contributed by atoms with E-state index in [1.807, 2.05) is 12.1 Å². The first-order chi connectivity index (χ1) is 11.6. The van der Waals surface area contributed by atoms with Crippen LogP contribution < -0.4 is 10.6 Å². The summed E-state index contributed by atoms with van der Waals surface area (Å²) in [5.74, 6) is 0. The standard InChI is InChI=1S/C19H24N2O2S2/c1-19(2,3)15-7-9-16(10-8-15)21-18(24)20-13-14-5-11-17(12-6-14)25(4,22)23/h5-12H,13H2,1-4H3,(H2,20,21,24). The van der Waals surface area contributed by atoms with Crippen LogP contribution >= 0.6 is 12.2 Å². The first-order valence-corrected chi connectivity index (χ1v) is 10.3. The highest BCUT2D eigenvalue weighted by atomic mass is 32.2. The number of hydrogen-bond donors (Lipinski definition) is 2. The topological polar surface area (TPSA) is 58.2 Å². The van der Waals surface area contributed by atoms with E-state index in [9.17, 15) is 8.42 Å². The molecule has 0 aliphatic heterocycles. The Bertz CT molecular complexity index is 834. The normalized spacial score (nSPS) is 11.8. The van der Waals surface area contributed by atoms with E-state index in [2.05, 4.69) is 43.5 Å². The summed E-state index contributed by atoms with van der Waals surface area (Å²) < 4.78 is 22.9. The second kappa shape index (κ2) is 7.54. The van der Waals surface area contributed by atoms with Gasteiger partial charge in [-0.05, 0) is 53.0 Å². The van der Waals surface area contributed by atoms with E-state index in [-0.39, 0.29) is 5.41 Å². The molecule has 0 fully saturated rings. The number of thiocarbonyl (C=S) groups is 1. The number of hydrogen-bond acceptors (Lipinski definition) is 3. The highest BCUT2D eigenvalue weighted by Crippen LogP contribution is 2.23. The molecule has 2 rings (SSSR count). The average Bonchev–Trinajstić information content (AvgIpc) is 2.52. The molecule has 0 spiro atoms. The van der Waals surface area contributed by atoms with Gasteiger partial charge in [0.05, 0.1) is 4.90 Å². The molecule has 0 amide bonds. The van der Waals surface area contributed by atoms with E-state index in [1.54, 1.807) is 24.3 Å². The summed E-state index contributed by atoms with van der Waals surface area (Å²) in [5.41, 5.74) is 3.27. The Morgan fingerprint density at radius 1 is 1.00 bits per heavy atom. The van der Waals surface area contributed by atoms with Crippen LogP contribution in [0.4, 0.5) is 5.69 Å². The summed E-state index contributed by atoms with van der Waals surface area (Å²) in [6.07, 6.45) is 1.20. The maximum atomic E-state index is 11.5. The number of sulfone groups is 1. The molecule has 134 valence electrons. The largest absolute Gasteiger partial charge is 0.358 e. The molecule has 2 aromatic carbocycles. The Kier molecular flexibility index (Phi) is 5.85. The first-order valence-electron chi connectivity index (χ1n) is 8.00. The monoisotopic (exact) mass is 376 g/mol. The zero-order chi connectivity index (χ0) is 18.7. The molecule has 0 heterocycles. The molecule has 0 saturated heterocycles. The van der Waals surface area contributed by atoms with Gasteiger partial charge in [-0.15, -0.1) is 0 Å². The molecule has 0 aromatic heterocycles. The smallest absolute Gasteiger partial charge is 0.175 e. The molecular weight excluding hydrogens is 352 g/mol. The molecule has 0 radical (unpaired) electrons. The zero-order valence-electron chi connectivity index (χ0n) is 15.0. The Morgan fingerprint density at radius 3 is 2.04 bits per heavy atom. The lowest BCUT2D eigenvalue weighted by Crippen LogP contribution is -2.27. The molecular formula is C19H24N2O2S2. The van der Waals surface area contributed by atoms with Gasteiger partial charge in [0, 0.05) is 18.5 Å². The van der Waals surface area contributed by atoms with Gasteiger partial charge in [0.25, 0.3) is 0 Å². The fourth-order valence-corrected chi connectivity index (χ4v) is 3.09. The summed E-state index contributed by atoms with van der Waals surface area (Å²) in [6.45, 7) is 7.06. The molecule has 0 unspecified atom stereocenters. The van der Waals surface area contributed by atoms with Crippen LogP contribution in [0.15, 0.2) is 53.4 Å². The van der Waals surface area contributed by atoms with Crippen LogP contribution in [-0.2, 0) is 21.8 Å². The van der Waals surface area contributed by atoms with E-state index < -0.39 is 9.84 Å². The molecule has 0 aliphatic carbocycles. The summed E-state index contributed by atoms with van der Waals surface area (Å²) in [4.78, 5) is 0.316. The van der Waals surface area contributed by atoms with Crippen molar-refractivity contribution in [3.63, 3.8) is 0 Å². The van der Waals surface area contributed by atoms with Gasteiger partial charge in [-0.3, -0.25) is 0 Å². The molecule has 2 aromatic rings. The summed E-state index contributed by atoms with van der Waals surface area (Å²) in [7, 11) is -3.16. The minimum Gasteiger partial charge on any atom is -0.358 e. The third-order valence-corrected chi connectivity index (χ3v) is 5.19. The van der Waals surface area contributed by atoms with Crippen molar-refractivity contribution in [1.29, 1.82) is 0 Å². The lowest BCUT2D eigenvalue weighted by Gasteiger charge is -2.19. The SMILES string of the molecule is CC(C)(C)c1ccc(NC(=S)NCc2ccc(S(C)(=O)=O)cc2)cc1. The number of benzene rings is 2. The third kappa shape index (κ3) is 5.83. The lowest BCUT2D eigenvalue weighted by atomic mass is 9.87. The molecule has 0 bridgehead atoms. The van der Waals surface area contributed by atoms with E-state index in [1.165, 1.54) is 11.8 Å². The summed E-state index contributed by atoms with van der Waals surface area (Å²) >= 11 is 5.31. The predicted molar refractivity (Wildman–Crippen MR) is 108 cm³/mol. The van der Waals surface area contributed by atoms with Crippen LogP contribution in [0, 0.1) is 0 Å². The van der Waals surface area contributed by atoms with Crippen molar-refractivity contribution >= 4 is 32.9 Å². The molecule has 4 nitrogen and oxygen atoms in total. The van der Waals surface area contributed by atoms with Crippen molar-refractivity contribution in [3.8, 4) is 0 Å². The van der Waals surface area contributed by atoms with Crippen LogP contribution in [0.5, 0.6) is 0 Å². The first kappa shape index (κ1) is 19.4. The molecule has 0 saturated carbocycles.